The van der Waals surface area contributed by atoms with Crippen LogP contribution in [0.15, 0.2) is 24.3 Å². The SMILES string of the molecule is Nc1ccc(CCC(=O)NC2CCC(=O)NC2)cc1. The maximum absolute atomic E-state index is 11.8. The van der Waals surface area contributed by atoms with Gasteiger partial charge in [-0.15, -0.1) is 0 Å². The molecule has 5 nitrogen and oxygen atoms in total. The van der Waals surface area contributed by atoms with E-state index in [1.165, 1.54) is 0 Å². The van der Waals surface area contributed by atoms with Crippen LogP contribution in [0, 0.1) is 0 Å². The standard InChI is InChI=1S/C14H19N3O2/c15-11-4-1-10(2-5-11)3-7-14(19)17-12-6-8-13(18)16-9-12/h1-2,4-5,12H,3,6-9,15H2,(H,16,18)(H,17,19). The van der Waals surface area contributed by atoms with Gasteiger partial charge in [0.15, 0.2) is 0 Å². The van der Waals surface area contributed by atoms with Crippen molar-refractivity contribution in [3.8, 4) is 0 Å². The summed E-state index contributed by atoms with van der Waals surface area (Å²) in [6.45, 7) is 0.534. The van der Waals surface area contributed by atoms with Crippen molar-refractivity contribution in [3.05, 3.63) is 29.8 Å². The summed E-state index contributed by atoms with van der Waals surface area (Å²) in [5.74, 6) is 0.0883. The quantitative estimate of drug-likeness (QED) is 0.694. The average molecular weight is 261 g/mol. The lowest BCUT2D eigenvalue weighted by Gasteiger charge is -2.23. The number of hydrogen-bond acceptors (Lipinski definition) is 3. The van der Waals surface area contributed by atoms with Crippen molar-refractivity contribution in [3.63, 3.8) is 0 Å². The van der Waals surface area contributed by atoms with Crippen molar-refractivity contribution < 1.29 is 9.59 Å². The molecule has 1 aliphatic heterocycles. The first-order valence-corrected chi connectivity index (χ1v) is 6.54. The fraction of sp³-hybridized carbons (Fsp3) is 0.429. The molecule has 1 aromatic rings. The van der Waals surface area contributed by atoms with E-state index in [4.69, 9.17) is 5.73 Å². The smallest absolute Gasteiger partial charge is 0.220 e. The molecule has 0 bridgehead atoms. The normalized spacial score (nSPS) is 18.7. The van der Waals surface area contributed by atoms with Gasteiger partial charge in [-0.1, -0.05) is 12.1 Å². The van der Waals surface area contributed by atoms with Gasteiger partial charge < -0.3 is 16.4 Å². The van der Waals surface area contributed by atoms with E-state index in [0.717, 1.165) is 17.7 Å². The number of nitrogen functional groups attached to an aromatic ring is 1. The number of amides is 2. The number of aryl methyl sites for hydroxylation is 1. The molecule has 2 rings (SSSR count). The van der Waals surface area contributed by atoms with E-state index < -0.39 is 0 Å². The van der Waals surface area contributed by atoms with Gasteiger partial charge in [0.05, 0.1) is 0 Å². The van der Waals surface area contributed by atoms with E-state index >= 15 is 0 Å². The highest BCUT2D eigenvalue weighted by atomic mass is 16.2. The number of benzene rings is 1. The average Bonchev–Trinajstić information content (AvgIpc) is 2.41. The van der Waals surface area contributed by atoms with Gasteiger partial charge >= 0.3 is 0 Å². The number of hydrogen-bond donors (Lipinski definition) is 3. The summed E-state index contributed by atoms with van der Waals surface area (Å²) in [5, 5.41) is 5.69. The van der Waals surface area contributed by atoms with Crippen molar-refractivity contribution in [2.75, 3.05) is 12.3 Å². The number of nitrogens with two attached hydrogens (primary N) is 1. The van der Waals surface area contributed by atoms with Crippen LogP contribution in [0.1, 0.15) is 24.8 Å². The maximum Gasteiger partial charge on any atom is 0.220 e. The third kappa shape index (κ3) is 4.28. The lowest BCUT2D eigenvalue weighted by atomic mass is 10.1. The molecule has 1 saturated heterocycles. The van der Waals surface area contributed by atoms with Crippen molar-refractivity contribution in [1.82, 2.24) is 10.6 Å². The number of piperidine rings is 1. The van der Waals surface area contributed by atoms with Crippen molar-refractivity contribution in [1.29, 1.82) is 0 Å². The Hall–Kier alpha value is -2.04. The van der Waals surface area contributed by atoms with E-state index in [2.05, 4.69) is 10.6 Å². The fourth-order valence-corrected chi connectivity index (χ4v) is 2.10. The second-order valence-corrected chi connectivity index (χ2v) is 4.85. The molecular formula is C14H19N3O2. The molecule has 0 aliphatic carbocycles. The highest BCUT2D eigenvalue weighted by Crippen LogP contribution is 2.08. The Morgan fingerprint density at radius 3 is 2.74 bits per heavy atom. The largest absolute Gasteiger partial charge is 0.399 e. The van der Waals surface area contributed by atoms with Gasteiger partial charge in [0.2, 0.25) is 11.8 Å². The Labute approximate surface area is 112 Å². The van der Waals surface area contributed by atoms with Crippen LogP contribution in [0.5, 0.6) is 0 Å². The molecule has 0 aromatic heterocycles. The van der Waals surface area contributed by atoms with Gasteiger partial charge in [0.25, 0.3) is 0 Å². The number of nitrogens with one attached hydrogen (secondary N) is 2. The van der Waals surface area contributed by atoms with E-state index in [1.54, 1.807) is 0 Å². The summed E-state index contributed by atoms with van der Waals surface area (Å²) >= 11 is 0. The maximum atomic E-state index is 11.8. The minimum Gasteiger partial charge on any atom is -0.399 e. The molecule has 2 amide bonds. The van der Waals surface area contributed by atoms with E-state index in [-0.39, 0.29) is 17.9 Å². The minimum atomic E-state index is 0.0259. The van der Waals surface area contributed by atoms with Gasteiger partial charge in [-0.3, -0.25) is 9.59 Å². The number of anilines is 1. The summed E-state index contributed by atoms with van der Waals surface area (Å²) in [6.07, 6.45) is 2.36. The van der Waals surface area contributed by atoms with Crippen LogP contribution >= 0.6 is 0 Å². The van der Waals surface area contributed by atoms with Crippen LogP contribution in [0.2, 0.25) is 0 Å². The Kier molecular flexibility index (Phi) is 4.39. The minimum absolute atomic E-state index is 0.0259. The van der Waals surface area contributed by atoms with Crippen LogP contribution in [0.25, 0.3) is 0 Å². The number of carbonyl (C=O) groups excluding carboxylic acids is 2. The molecular weight excluding hydrogens is 242 g/mol. The molecule has 1 aromatic carbocycles. The zero-order valence-corrected chi connectivity index (χ0v) is 10.8. The van der Waals surface area contributed by atoms with Crippen LogP contribution in [-0.2, 0) is 16.0 Å². The Bertz CT molecular complexity index is 446. The molecule has 5 heteroatoms. The predicted octanol–water partition coefficient (Wildman–Crippen LogP) is 0.596. The van der Waals surface area contributed by atoms with Gasteiger partial charge in [-0.2, -0.15) is 0 Å². The first kappa shape index (κ1) is 13.4. The zero-order valence-electron chi connectivity index (χ0n) is 10.8. The molecule has 4 N–H and O–H groups in total. The summed E-state index contributed by atoms with van der Waals surface area (Å²) in [5.41, 5.74) is 7.43. The third-order valence-corrected chi connectivity index (χ3v) is 3.25. The van der Waals surface area contributed by atoms with Gasteiger partial charge in [-0.05, 0) is 30.5 Å². The monoisotopic (exact) mass is 261 g/mol. The van der Waals surface area contributed by atoms with Gasteiger partial charge in [-0.25, -0.2) is 0 Å². The molecule has 19 heavy (non-hydrogen) atoms. The molecule has 0 radical (unpaired) electrons. The molecule has 1 unspecified atom stereocenters. The van der Waals surface area contributed by atoms with Gasteiger partial charge in [0, 0.05) is 31.1 Å². The second kappa shape index (κ2) is 6.22. The fourth-order valence-electron chi connectivity index (χ4n) is 2.10. The van der Waals surface area contributed by atoms with Crippen molar-refractivity contribution in [2.45, 2.75) is 31.7 Å². The molecule has 1 aliphatic rings. The van der Waals surface area contributed by atoms with Crippen molar-refractivity contribution in [2.24, 2.45) is 0 Å². The number of rotatable bonds is 4. The third-order valence-electron chi connectivity index (χ3n) is 3.25. The highest BCUT2D eigenvalue weighted by Gasteiger charge is 2.19. The highest BCUT2D eigenvalue weighted by molar-refractivity contribution is 5.79. The van der Waals surface area contributed by atoms with E-state index in [9.17, 15) is 9.59 Å². The number of carbonyl (C=O) groups is 2. The molecule has 1 atom stereocenters. The van der Waals surface area contributed by atoms with Crippen LogP contribution in [0.3, 0.4) is 0 Å². The molecule has 1 heterocycles. The Morgan fingerprint density at radius 2 is 2.11 bits per heavy atom. The van der Waals surface area contributed by atoms with Crippen LogP contribution in [-0.4, -0.2) is 24.4 Å². The second-order valence-electron chi connectivity index (χ2n) is 4.85. The summed E-state index contributed by atoms with van der Waals surface area (Å²) < 4.78 is 0. The van der Waals surface area contributed by atoms with Crippen LogP contribution < -0.4 is 16.4 Å². The van der Waals surface area contributed by atoms with Crippen LogP contribution in [0.4, 0.5) is 5.69 Å². The summed E-state index contributed by atoms with van der Waals surface area (Å²) in [7, 11) is 0. The van der Waals surface area contributed by atoms with Crippen molar-refractivity contribution >= 4 is 17.5 Å². The molecule has 1 fully saturated rings. The zero-order chi connectivity index (χ0) is 13.7. The Balaban J connectivity index is 1.72. The molecule has 0 saturated carbocycles. The summed E-state index contributed by atoms with van der Waals surface area (Å²) in [6, 6.07) is 7.61. The van der Waals surface area contributed by atoms with Gasteiger partial charge in [0.1, 0.15) is 0 Å². The Morgan fingerprint density at radius 1 is 1.37 bits per heavy atom. The topological polar surface area (TPSA) is 84.2 Å². The molecule has 102 valence electrons. The lowest BCUT2D eigenvalue weighted by molar-refractivity contribution is -0.125. The lowest BCUT2D eigenvalue weighted by Crippen LogP contribution is -2.47. The van der Waals surface area contributed by atoms with E-state index in [0.29, 0.717) is 25.8 Å². The van der Waals surface area contributed by atoms with E-state index in [1.807, 2.05) is 24.3 Å². The molecule has 0 spiro atoms. The predicted molar refractivity (Wildman–Crippen MR) is 73.3 cm³/mol. The first-order chi connectivity index (χ1) is 9.13. The first-order valence-electron chi connectivity index (χ1n) is 6.54. The summed E-state index contributed by atoms with van der Waals surface area (Å²) in [4.78, 5) is 22.8.